The van der Waals surface area contributed by atoms with E-state index in [0.29, 0.717) is 21.3 Å². The number of hydrogen-bond donors (Lipinski definition) is 2. The quantitative estimate of drug-likeness (QED) is 0.637. The summed E-state index contributed by atoms with van der Waals surface area (Å²) in [6.45, 7) is 0. The minimum atomic E-state index is -0.276. The molecule has 0 unspecified atom stereocenters. The molecule has 1 aliphatic heterocycles. The molecule has 2 N–H and O–H groups in total. The van der Waals surface area contributed by atoms with Crippen LogP contribution in [0.5, 0.6) is 0 Å². The van der Waals surface area contributed by atoms with Gasteiger partial charge in [0, 0.05) is 21.7 Å². The van der Waals surface area contributed by atoms with Crippen LogP contribution in [0.25, 0.3) is 0 Å². The summed E-state index contributed by atoms with van der Waals surface area (Å²) in [6.07, 6.45) is 0.230. The van der Waals surface area contributed by atoms with Crippen molar-refractivity contribution in [2.45, 2.75) is 12.3 Å². The molecule has 2 heterocycles. The van der Waals surface area contributed by atoms with E-state index in [-0.39, 0.29) is 29.9 Å². The van der Waals surface area contributed by atoms with Crippen LogP contribution in [-0.4, -0.2) is 17.6 Å². The second-order valence-corrected chi connectivity index (χ2v) is 8.92. The lowest BCUT2D eigenvalue weighted by molar-refractivity contribution is -0.121. The molecule has 0 bridgehead atoms. The van der Waals surface area contributed by atoms with E-state index in [1.807, 2.05) is 17.5 Å². The average Bonchev–Trinajstić information content (AvgIpc) is 3.16. The normalized spacial score (nSPS) is 16.6. The Morgan fingerprint density at radius 3 is 2.96 bits per heavy atom. The zero-order chi connectivity index (χ0) is 19.4. The Balaban J connectivity index is 1.72. The van der Waals surface area contributed by atoms with Crippen molar-refractivity contribution in [3.05, 3.63) is 60.7 Å². The lowest BCUT2D eigenvalue weighted by Gasteiger charge is -2.23. The number of thiophene rings is 1. The van der Waals surface area contributed by atoms with Gasteiger partial charge in [-0.2, -0.15) is 5.26 Å². The van der Waals surface area contributed by atoms with Crippen LogP contribution in [0.4, 0.5) is 5.69 Å². The summed E-state index contributed by atoms with van der Waals surface area (Å²) in [5.74, 6) is -0.660. The number of thioether (sulfide) groups is 1. The third-order valence-electron chi connectivity index (χ3n) is 3.80. The topological polar surface area (TPSA) is 82.0 Å². The molecule has 138 valence electrons. The van der Waals surface area contributed by atoms with Crippen LogP contribution in [0.2, 0.25) is 5.02 Å². The number of allylic oxidation sites excluding steroid dienone is 1. The van der Waals surface area contributed by atoms with Gasteiger partial charge in [-0.05, 0) is 29.6 Å². The van der Waals surface area contributed by atoms with E-state index in [0.717, 1.165) is 21.1 Å². The minimum Gasteiger partial charge on any atom is -0.324 e. The zero-order valence-electron chi connectivity index (χ0n) is 13.8. The van der Waals surface area contributed by atoms with E-state index < -0.39 is 0 Å². The number of carbonyl (C=O) groups excluding carboxylic acids is 2. The molecule has 1 aliphatic rings. The molecule has 2 amide bonds. The van der Waals surface area contributed by atoms with Crippen LogP contribution in [0.3, 0.4) is 0 Å². The second kappa shape index (κ2) is 8.93. The predicted octanol–water partition coefficient (Wildman–Crippen LogP) is 4.87. The first-order chi connectivity index (χ1) is 13.0. The van der Waals surface area contributed by atoms with Crippen LogP contribution in [0.15, 0.2) is 50.8 Å². The molecule has 0 saturated heterocycles. The molecular formula is C18H13BrClN3O2S2. The molecule has 2 aromatic rings. The van der Waals surface area contributed by atoms with Gasteiger partial charge in [0.1, 0.15) is 0 Å². The van der Waals surface area contributed by atoms with Crippen LogP contribution in [0, 0.1) is 11.3 Å². The zero-order valence-corrected chi connectivity index (χ0v) is 17.8. The van der Waals surface area contributed by atoms with Gasteiger partial charge in [0.25, 0.3) is 0 Å². The maximum atomic E-state index is 12.3. The Bertz CT molecular complexity index is 954. The van der Waals surface area contributed by atoms with Crippen LogP contribution in [-0.2, 0) is 9.59 Å². The third kappa shape index (κ3) is 4.93. The standard InChI is InChI=1S/C18H13BrClN3O2S2/c19-10-3-4-14(13(20)6-10)22-17(25)9-27-18-12(8-21)11(7-16(24)23-18)15-2-1-5-26-15/h1-6,11H,7,9H2,(H,22,25)(H,23,24)/t11-/m0/s1. The van der Waals surface area contributed by atoms with E-state index in [1.54, 1.807) is 18.2 Å². The molecule has 0 fully saturated rings. The average molecular weight is 483 g/mol. The first-order valence-electron chi connectivity index (χ1n) is 7.83. The molecule has 0 radical (unpaired) electrons. The number of nitrogens with one attached hydrogen (secondary N) is 2. The monoisotopic (exact) mass is 481 g/mol. The van der Waals surface area contributed by atoms with Crippen molar-refractivity contribution in [3.8, 4) is 6.07 Å². The van der Waals surface area contributed by atoms with E-state index in [9.17, 15) is 14.9 Å². The number of benzene rings is 1. The number of amides is 2. The summed E-state index contributed by atoms with van der Waals surface area (Å²) in [4.78, 5) is 25.3. The number of anilines is 1. The number of carbonyl (C=O) groups is 2. The minimum absolute atomic E-state index is 0.0460. The van der Waals surface area contributed by atoms with E-state index in [2.05, 4.69) is 32.6 Å². The van der Waals surface area contributed by atoms with Gasteiger partial charge in [0.05, 0.1) is 33.1 Å². The molecule has 0 spiro atoms. The molecule has 1 atom stereocenters. The van der Waals surface area contributed by atoms with Gasteiger partial charge in [0.15, 0.2) is 0 Å². The van der Waals surface area contributed by atoms with E-state index >= 15 is 0 Å². The van der Waals surface area contributed by atoms with Gasteiger partial charge in [-0.1, -0.05) is 45.4 Å². The predicted molar refractivity (Wildman–Crippen MR) is 113 cm³/mol. The first kappa shape index (κ1) is 20.0. The summed E-state index contributed by atoms with van der Waals surface area (Å²) in [5, 5.41) is 17.8. The molecule has 27 heavy (non-hydrogen) atoms. The summed E-state index contributed by atoms with van der Waals surface area (Å²) < 4.78 is 0.813. The Morgan fingerprint density at radius 1 is 1.48 bits per heavy atom. The molecule has 0 aliphatic carbocycles. The van der Waals surface area contributed by atoms with Crippen molar-refractivity contribution in [2.75, 3.05) is 11.1 Å². The third-order valence-corrected chi connectivity index (χ3v) is 6.60. The largest absolute Gasteiger partial charge is 0.324 e. The van der Waals surface area contributed by atoms with Crippen molar-refractivity contribution in [1.82, 2.24) is 5.32 Å². The van der Waals surface area contributed by atoms with Gasteiger partial charge in [-0.3, -0.25) is 9.59 Å². The fraction of sp³-hybridized carbons (Fsp3) is 0.167. The van der Waals surface area contributed by atoms with Crippen LogP contribution >= 0.6 is 50.6 Å². The Kier molecular flexibility index (Phi) is 6.60. The molecule has 5 nitrogen and oxygen atoms in total. The molecule has 1 aromatic heterocycles. The molecular weight excluding hydrogens is 470 g/mol. The Labute approximate surface area is 177 Å². The molecule has 3 rings (SSSR count). The maximum Gasteiger partial charge on any atom is 0.234 e. The van der Waals surface area contributed by atoms with Gasteiger partial charge in [-0.15, -0.1) is 11.3 Å². The molecule has 0 saturated carbocycles. The summed E-state index contributed by atoms with van der Waals surface area (Å²) in [6, 6.07) is 11.2. The van der Waals surface area contributed by atoms with E-state index in [4.69, 9.17) is 11.6 Å². The van der Waals surface area contributed by atoms with Crippen molar-refractivity contribution >= 4 is 68.1 Å². The molecule has 9 heteroatoms. The number of hydrogen-bond acceptors (Lipinski definition) is 5. The summed E-state index contributed by atoms with van der Waals surface area (Å²) >= 11 is 12.1. The lowest BCUT2D eigenvalue weighted by atomic mass is 9.93. The van der Waals surface area contributed by atoms with Crippen LogP contribution in [0.1, 0.15) is 17.2 Å². The fourth-order valence-corrected chi connectivity index (χ4v) is 5.02. The van der Waals surface area contributed by atoms with E-state index in [1.165, 1.54) is 11.3 Å². The highest BCUT2D eigenvalue weighted by molar-refractivity contribution is 9.10. The van der Waals surface area contributed by atoms with Gasteiger partial charge < -0.3 is 10.6 Å². The van der Waals surface area contributed by atoms with Gasteiger partial charge >= 0.3 is 0 Å². The number of nitriles is 1. The highest BCUT2D eigenvalue weighted by atomic mass is 79.9. The number of halogens is 2. The Hall–Kier alpha value is -1.79. The number of rotatable bonds is 5. The second-order valence-electron chi connectivity index (χ2n) is 5.64. The SMILES string of the molecule is N#CC1=C(SCC(=O)Nc2ccc(Br)cc2Cl)NC(=O)C[C@@H]1c1cccs1. The van der Waals surface area contributed by atoms with Gasteiger partial charge in [-0.25, -0.2) is 0 Å². The smallest absolute Gasteiger partial charge is 0.234 e. The summed E-state index contributed by atoms with van der Waals surface area (Å²) in [7, 11) is 0. The van der Waals surface area contributed by atoms with Crippen molar-refractivity contribution in [2.24, 2.45) is 0 Å². The Morgan fingerprint density at radius 2 is 2.30 bits per heavy atom. The van der Waals surface area contributed by atoms with Crippen molar-refractivity contribution in [1.29, 1.82) is 5.26 Å². The van der Waals surface area contributed by atoms with Crippen LogP contribution < -0.4 is 10.6 Å². The van der Waals surface area contributed by atoms with Crippen molar-refractivity contribution < 1.29 is 9.59 Å². The number of nitrogens with zero attached hydrogens (tertiary/aromatic N) is 1. The first-order valence-corrected chi connectivity index (χ1v) is 10.9. The fourth-order valence-electron chi connectivity index (χ4n) is 2.58. The van der Waals surface area contributed by atoms with Crippen molar-refractivity contribution in [3.63, 3.8) is 0 Å². The lowest BCUT2D eigenvalue weighted by Crippen LogP contribution is -2.31. The summed E-state index contributed by atoms with van der Waals surface area (Å²) in [5.41, 5.74) is 0.987. The maximum absolute atomic E-state index is 12.3. The molecule has 1 aromatic carbocycles. The highest BCUT2D eigenvalue weighted by Gasteiger charge is 2.30. The highest BCUT2D eigenvalue weighted by Crippen LogP contribution is 2.37. The van der Waals surface area contributed by atoms with Gasteiger partial charge in [0.2, 0.25) is 11.8 Å².